The molecule has 7 heteroatoms. The van der Waals surface area contributed by atoms with Crippen LogP contribution in [0.25, 0.3) is 11.3 Å². The molecular formula is C30H38N2O4Si. The molecule has 0 saturated carbocycles. The van der Waals surface area contributed by atoms with Crippen molar-refractivity contribution in [2.45, 2.75) is 72.7 Å². The van der Waals surface area contributed by atoms with Gasteiger partial charge in [-0.25, -0.2) is 14.8 Å². The van der Waals surface area contributed by atoms with E-state index in [-0.39, 0.29) is 22.9 Å². The maximum absolute atomic E-state index is 13.4. The van der Waals surface area contributed by atoms with Crippen molar-refractivity contribution in [2.75, 3.05) is 7.11 Å². The molecule has 1 aromatic carbocycles. The molecule has 0 fully saturated rings. The fourth-order valence-electron chi connectivity index (χ4n) is 3.85. The average molecular weight is 519 g/mol. The highest BCUT2D eigenvalue weighted by atomic mass is 28.4. The van der Waals surface area contributed by atoms with Gasteiger partial charge in [-0.2, -0.15) is 0 Å². The van der Waals surface area contributed by atoms with Crippen molar-refractivity contribution < 1.29 is 18.8 Å². The number of ketones is 1. The molecule has 0 atom stereocenters. The maximum Gasteiger partial charge on any atom is 0.356 e. The van der Waals surface area contributed by atoms with Crippen molar-refractivity contribution in [3.63, 3.8) is 0 Å². The number of Topliss-reactive ketones (excluding diaryl/α,β-unsaturated/α-hetero) is 1. The molecule has 196 valence electrons. The molecule has 37 heavy (non-hydrogen) atoms. The molecule has 0 aliphatic rings. The molecule has 0 bridgehead atoms. The van der Waals surface area contributed by atoms with Gasteiger partial charge in [-0.15, -0.1) is 0 Å². The van der Waals surface area contributed by atoms with Crippen LogP contribution in [0.3, 0.4) is 0 Å². The summed E-state index contributed by atoms with van der Waals surface area (Å²) < 4.78 is 11.2. The Labute approximate surface area is 221 Å². The standard InChI is InChI=1S/C30H38N2O4Si/c1-19-13-14-25(23-12-10-11-22(16-23)18-36-37(8,9)30(4,5)6)32-28(19)27(33)17-24-20(2)15-26(29(34)35-7)31-21(24)3/h10-16H,17-18H2,1-9H3. The number of pyridine rings is 2. The van der Waals surface area contributed by atoms with E-state index in [2.05, 4.69) is 51.0 Å². The van der Waals surface area contributed by atoms with E-state index in [1.165, 1.54) is 7.11 Å². The van der Waals surface area contributed by atoms with Gasteiger partial charge in [0.25, 0.3) is 0 Å². The van der Waals surface area contributed by atoms with Crippen LogP contribution in [-0.2, 0) is 22.2 Å². The summed E-state index contributed by atoms with van der Waals surface area (Å²) in [5.74, 6) is -0.582. The highest BCUT2D eigenvalue weighted by Gasteiger charge is 2.37. The predicted molar refractivity (Wildman–Crippen MR) is 149 cm³/mol. The van der Waals surface area contributed by atoms with E-state index in [1.54, 1.807) is 13.0 Å². The Balaban J connectivity index is 1.85. The number of hydrogen-bond donors (Lipinski definition) is 0. The predicted octanol–water partition coefficient (Wildman–Crippen LogP) is 6.80. The molecular weight excluding hydrogens is 480 g/mol. The summed E-state index contributed by atoms with van der Waals surface area (Å²) in [5, 5.41) is 0.143. The smallest absolute Gasteiger partial charge is 0.356 e. The minimum Gasteiger partial charge on any atom is -0.464 e. The van der Waals surface area contributed by atoms with Gasteiger partial charge in [-0.1, -0.05) is 45.0 Å². The van der Waals surface area contributed by atoms with Crippen LogP contribution in [0.15, 0.2) is 42.5 Å². The molecule has 0 radical (unpaired) electrons. The second-order valence-electron chi connectivity index (χ2n) is 11.1. The molecule has 0 saturated heterocycles. The Morgan fingerprint density at radius 2 is 1.65 bits per heavy atom. The van der Waals surface area contributed by atoms with Crippen LogP contribution >= 0.6 is 0 Å². The lowest BCUT2D eigenvalue weighted by Gasteiger charge is -2.36. The monoisotopic (exact) mass is 518 g/mol. The molecule has 2 heterocycles. The average Bonchev–Trinajstić information content (AvgIpc) is 2.84. The van der Waals surface area contributed by atoms with Crippen molar-refractivity contribution >= 4 is 20.1 Å². The third kappa shape index (κ3) is 6.59. The third-order valence-electron chi connectivity index (χ3n) is 7.28. The van der Waals surface area contributed by atoms with E-state index in [0.717, 1.165) is 33.5 Å². The molecule has 0 unspecified atom stereocenters. The molecule has 0 spiro atoms. The Morgan fingerprint density at radius 3 is 2.27 bits per heavy atom. The molecule has 6 nitrogen and oxygen atoms in total. The van der Waals surface area contributed by atoms with Crippen molar-refractivity contribution in [1.29, 1.82) is 0 Å². The lowest BCUT2D eigenvalue weighted by Crippen LogP contribution is -2.40. The summed E-state index contributed by atoms with van der Waals surface area (Å²) in [7, 11) is -0.541. The number of carbonyl (C=O) groups excluding carboxylic acids is 2. The van der Waals surface area contributed by atoms with Crippen LogP contribution in [0.1, 0.15) is 69.7 Å². The molecule has 3 rings (SSSR count). The van der Waals surface area contributed by atoms with E-state index in [9.17, 15) is 9.59 Å². The minimum absolute atomic E-state index is 0.0874. The molecule has 0 N–H and O–H groups in total. The van der Waals surface area contributed by atoms with Crippen LogP contribution in [0.5, 0.6) is 0 Å². The van der Waals surface area contributed by atoms with Gasteiger partial charge in [0.2, 0.25) is 0 Å². The molecule has 0 amide bonds. The summed E-state index contributed by atoms with van der Waals surface area (Å²) in [5.41, 5.74) is 6.54. The second-order valence-corrected chi connectivity index (χ2v) is 15.9. The van der Waals surface area contributed by atoms with E-state index in [4.69, 9.17) is 14.1 Å². The number of aryl methyl sites for hydroxylation is 3. The molecule has 0 aliphatic heterocycles. The van der Waals surface area contributed by atoms with Gasteiger partial charge in [0.1, 0.15) is 11.4 Å². The third-order valence-corrected chi connectivity index (χ3v) is 11.8. The van der Waals surface area contributed by atoms with Crippen LogP contribution in [-0.4, -0.2) is 37.1 Å². The first kappa shape index (κ1) is 28.4. The molecule has 2 aromatic heterocycles. The van der Waals surface area contributed by atoms with Crippen molar-refractivity contribution in [1.82, 2.24) is 9.97 Å². The van der Waals surface area contributed by atoms with Gasteiger partial charge < -0.3 is 9.16 Å². The van der Waals surface area contributed by atoms with E-state index in [0.29, 0.717) is 18.0 Å². The van der Waals surface area contributed by atoms with Gasteiger partial charge in [0, 0.05) is 17.7 Å². The number of methoxy groups -OCH3 is 1. The summed E-state index contributed by atoms with van der Waals surface area (Å²) in [6.45, 7) is 17.3. The fourth-order valence-corrected chi connectivity index (χ4v) is 4.81. The van der Waals surface area contributed by atoms with Crippen molar-refractivity contribution in [2.24, 2.45) is 0 Å². The first-order valence-corrected chi connectivity index (χ1v) is 15.4. The van der Waals surface area contributed by atoms with Crippen molar-refractivity contribution in [3.8, 4) is 11.3 Å². The molecule has 0 aliphatic carbocycles. The zero-order chi connectivity index (χ0) is 27.5. The Bertz CT molecular complexity index is 1300. The number of aromatic nitrogens is 2. The second kappa shape index (κ2) is 11.1. The van der Waals surface area contributed by atoms with Crippen LogP contribution in [0.2, 0.25) is 18.1 Å². The lowest BCUT2D eigenvalue weighted by atomic mass is 9.97. The number of benzene rings is 1. The van der Waals surface area contributed by atoms with E-state index >= 15 is 0 Å². The highest BCUT2D eigenvalue weighted by Crippen LogP contribution is 2.37. The number of ether oxygens (including phenoxy) is 1. The summed E-state index contributed by atoms with van der Waals surface area (Å²) in [6.07, 6.45) is 0.157. The number of carbonyl (C=O) groups is 2. The summed E-state index contributed by atoms with van der Waals surface area (Å²) in [4.78, 5) is 34.4. The Hall–Kier alpha value is -3.16. The van der Waals surface area contributed by atoms with Gasteiger partial charge in [-0.05, 0) is 79.4 Å². The zero-order valence-electron chi connectivity index (χ0n) is 23.5. The number of esters is 1. The van der Waals surface area contributed by atoms with E-state index < -0.39 is 14.3 Å². The number of hydrogen-bond acceptors (Lipinski definition) is 6. The highest BCUT2D eigenvalue weighted by molar-refractivity contribution is 6.74. The van der Waals surface area contributed by atoms with Crippen LogP contribution in [0, 0.1) is 20.8 Å². The topological polar surface area (TPSA) is 78.4 Å². The number of rotatable bonds is 8. The number of nitrogens with zero attached hydrogens (tertiary/aromatic N) is 2. The van der Waals surface area contributed by atoms with Crippen molar-refractivity contribution in [3.05, 3.63) is 81.8 Å². The normalized spacial score (nSPS) is 11.9. The van der Waals surface area contributed by atoms with Gasteiger partial charge in [-0.3, -0.25) is 4.79 Å². The summed E-state index contributed by atoms with van der Waals surface area (Å²) in [6, 6.07) is 13.7. The summed E-state index contributed by atoms with van der Waals surface area (Å²) >= 11 is 0. The van der Waals surface area contributed by atoms with Crippen LogP contribution < -0.4 is 0 Å². The van der Waals surface area contributed by atoms with Gasteiger partial charge in [0.05, 0.1) is 19.4 Å². The lowest BCUT2D eigenvalue weighted by molar-refractivity contribution is 0.0593. The molecule has 3 aromatic rings. The van der Waals surface area contributed by atoms with Crippen LogP contribution in [0.4, 0.5) is 0 Å². The minimum atomic E-state index is -1.87. The zero-order valence-corrected chi connectivity index (χ0v) is 24.5. The first-order chi connectivity index (χ1) is 17.2. The van der Waals surface area contributed by atoms with Gasteiger partial charge >= 0.3 is 5.97 Å². The Morgan fingerprint density at radius 1 is 0.946 bits per heavy atom. The largest absolute Gasteiger partial charge is 0.464 e. The first-order valence-electron chi connectivity index (χ1n) is 12.5. The van der Waals surface area contributed by atoms with E-state index in [1.807, 2.05) is 38.1 Å². The maximum atomic E-state index is 13.4. The quantitative estimate of drug-likeness (QED) is 0.185. The Kier molecular flexibility index (Phi) is 8.50. The fraction of sp³-hybridized carbons (Fsp3) is 0.400. The SMILES string of the molecule is COC(=O)c1cc(C)c(CC(=O)c2nc(-c3cccc(CO[Si](C)(C)C(C)(C)C)c3)ccc2C)c(C)n1. The van der Waals surface area contributed by atoms with Gasteiger partial charge in [0.15, 0.2) is 14.1 Å².